The van der Waals surface area contributed by atoms with E-state index in [4.69, 9.17) is 4.74 Å². The fourth-order valence-corrected chi connectivity index (χ4v) is 2.37. The summed E-state index contributed by atoms with van der Waals surface area (Å²) >= 11 is 0. The summed E-state index contributed by atoms with van der Waals surface area (Å²) in [6.07, 6.45) is 2.25. The molecule has 0 radical (unpaired) electrons. The average Bonchev–Trinajstić information content (AvgIpc) is 3.01. The van der Waals surface area contributed by atoms with Gasteiger partial charge in [0.2, 0.25) is 0 Å². The molecule has 2 rings (SSSR count). The molecule has 1 aromatic carbocycles. The number of carbonyl (C=O) groups is 1. The van der Waals surface area contributed by atoms with E-state index in [-0.39, 0.29) is 4.90 Å². The van der Waals surface area contributed by atoms with Gasteiger partial charge in [-0.05, 0) is 42.5 Å². The molecule has 0 bridgehead atoms. The highest BCUT2D eigenvalue weighted by atomic mass is 32.2. The van der Waals surface area contributed by atoms with Crippen LogP contribution in [0.2, 0.25) is 0 Å². The molecule has 0 aromatic heterocycles. The Morgan fingerprint density at radius 1 is 1.33 bits per heavy atom. The highest BCUT2D eigenvalue weighted by Gasteiger charge is 2.33. The highest BCUT2D eigenvalue weighted by Crippen LogP contribution is 2.37. The molecular weight excluding hydrogens is 252 g/mol. The lowest BCUT2D eigenvalue weighted by Crippen LogP contribution is -2.08. The lowest BCUT2D eigenvalue weighted by atomic mass is 10.2. The molecule has 1 aliphatic rings. The minimum atomic E-state index is -3.22. The Morgan fingerprint density at radius 2 is 1.89 bits per heavy atom. The number of ether oxygens (including phenoxy) is 1. The monoisotopic (exact) mass is 268 g/mol. The molecule has 0 spiro atoms. The molecule has 2 atom stereocenters. The topological polar surface area (TPSA) is 60.4 Å². The van der Waals surface area contributed by atoms with Crippen LogP contribution in [-0.4, -0.2) is 27.2 Å². The molecule has 0 saturated heterocycles. The number of hydrogen-bond acceptors (Lipinski definition) is 4. The van der Waals surface area contributed by atoms with Gasteiger partial charge in [0, 0.05) is 6.26 Å². The van der Waals surface area contributed by atoms with Gasteiger partial charge in [0.15, 0.2) is 9.84 Å². The van der Waals surface area contributed by atoms with Crippen molar-refractivity contribution in [2.24, 2.45) is 11.8 Å². The zero-order valence-corrected chi connectivity index (χ0v) is 11.2. The van der Waals surface area contributed by atoms with Crippen molar-refractivity contribution in [3.05, 3.63) is 29.8 Å². The van der Waals surface area contributed by atoms with Crippen LogP contribution in [-0.2, 0) is 14.6 Å². The molecule has 1 aromatic rings. The van der Waals surface area contributed by atoms with Gasteiger partial charge in [-0.1, -0.05) is 6.92 Å². The molecule has 98 valence electrons. The Labute approximate surface area is 107 Å². The molecule has 1 aliphatic carbocycles. The summed E-state index contributed by atoms with van der Waals surface area (Å²) in [6.45, 7) is 2.58. The first-order valence-electron chi connectivity index (χ1n) is 5.85. The van der Waals surface area contributed by atoms with Crippen molar-refractivity contribution in [3.63, 3.8) is 0 Å². The fourth-order valence-electron chi connectivity index (χ4n) is 1.74. The zero-order valence-electron chi connectivity index (χ0n) is 10.4. The second-order valence-electron chi connectivity index (χ2n) is 4.87. The normalized spacial score (nSPS) is 22.6. The first-order chi connectivity index (χ1) is 8.38. The second kappa shape index (κ2) is 4.72. The van der Waals surface area contributed by atoms with Crippen LogP contribution in [0.5, 0.6) is 0 Å². The summed E-state index contributed by atoms with van der Waals surface area (Å²) < 4.78 is 27.7. The third kappa shape index (κ3) is 3.10. The van der Waals surface area contributed by atoms with Gasteiger partial charge in [-0.25, -0.2) is 13.2 Å². The maximum absolute atomic E-state index is 11.7. The third-order valence-corrected chi connectivity index (χ3v) is 4.35. The van der Waals surface area contributed by atoms with E-state index in [9.17, 15) is 13.2 Å². The van der Waals surface area contributed by atoms with Crippen LogP contribution >= 0.6 is 0 Å². The Bertz CT molecular complexity index is 545. The Hall–Kier alpha value is -1.36. The number of rotatable bonds is 4. The second-order valence-corrected chi connectivity index (χ2v) is 6.88. The van der Waals surface area contributed by atoms with Gasteiger partial charge in [0.25, 0.3) is 0 Å². The molecule has 18 heavy (non-hydrogen) atoms. The molecule has 5 heteroatoms. The maximum Gasteiger partial charge on any atom is 0.338 e. The highest BCUT2D eigenvalue weighted by molar-refractivity contribution is 7.90. The van der Waals surface area contributed by atoms with Gasteiger partial charge < -0.3 is 4.74 Å². The summed E-state index contributed by atoms with van der Waals surface area (Å²) in [4.78, 5) is 11.9. The average molecular weight is 268 g/mol. The van der Waals surface area contributed by atoms with E-state index in [1.54, 1.807) is 0 Å². The number of hydrogen-bond donors (Lipinski definition) is 0. The third-order valence-electron chi connectivity index (χ3n) is 3.22. The number of esters is 1. The van der Waals surface area contributed by atoms with E-state index in [0.29, 0.717) is 24.0 Å². The lowest BCUT2D eigenvalue weighted by Gasteiger charge is -2.04. The van der Waals surface area contributed by atoms with Crippen LogP contribution in [0.4, 0.5) is 0 Å². The van der Waals surface area contributed by atoms with E-state index in [1.807, 2.05) is 0 Å². The van der Waals surface area contributed by atoms with Crippen LogP contribution in [0.15, 0.2) is 29.2 Å². The van der Waals surface area contributed by atoms with Gasteiger partial charge in [-0.3, -0.25) is 0 Å². The Kier molecular flexibility index (Phi) is 3.43. The van der Waals surface area contributed by atoms with E-state index in [0.717, 1.165) is 12.7 Å². The van der Waals surface area contributed by atoms with Crippen molar-refractivity contribution in [2.45, 2.75) is 18.2 Å². The molecule has 0 unspecified atom stereocenters. The van der Waals surface area contributed by atoms with E-state index < -0.39 is 15.8 Å². The molecule has 1 fully saturated rings. The van der Waals surface area contributed by atoms with Crippen LogP contribution in [0, 0.1) is 11.8 Å². The van der Waals surface area contributed by atoms with E-state index >= 15 is 0 Å². The molecule has 0 N–H and O–H groups in total. The van der Waals surface area contributed by atoms with Gasteiger partial charge in [-0.2, -0.15) is 0 Å². The van der Waals surface area contributed by atoms with Gasteiger partial charge in [-0.15, -0.1) is 0 Å². The number of benzene rings is 1. The van der Waals surface area contributed by atoms with Crippen molar-refractivity contribution < 1.29 is 17.9 Å². The van der Waals surface area contributed by atoms with Crippen LogP contribution in [0.25, 0.3) is 0 Å². The van der Waals surface area contributed by atoms with Gasteiger partial charge >= 0.3 is 5.97 Å². The Balaban J connectivity index is 1.98. The molecule has 4 nitrogen and oxygen atoms in total. The van der Waals surface area contributed by atoms with E-state index in [1.165, 1.54) is 24.3 Å². The molecular formula is C13H16O4S. The number of sulfone groups is 1. The smallest absolute Gasteiger partial charge is 0.338 e. The van der Waals surface area contributed by atoms with Crippen molar-refractivity contribution >= 4 is 15.8 Å². The molecule has 0 aliphatic heterocycles. The molecule has 1 saturated carbocycles. The maximum atomic E-state index is 11.7. The van der Waals surface area contributed by atoms with Crippen molar-refractivity contribution in [2.75, 3.05) is 12.9 Å². The summed E-state index contributed by atoms with van der Waals surface area (Å²) in [5.74, 6) is 0.740. The zero-order chi connectivity index (χ0) is 13.3. The first kappa shape index (κ1) is 13.1. The Morgan fingerprint density at radius 3 is 2.33 bits per heavy atom. The van der Waals surface area contributed by atoms with E-state index in [2.05, 4.69) is 6.92 Å². The van der Waals surface area contributed by atoms with Crippen LogP contribution < -0.4 is 0 Å². The molecule has 0 amide bonds. The van der Waals surface area contributed by atoms with Crippen molar-refractivity contribution in [3.8, 4) is 0 Å². The lowest BCUT2D eigenvalue weighted by molar-refractivity contribution is 0.0481. The van der Waals surface area contributed by atoms with Crippen molar-refractivity contribution in [1.29, 1.82) is 0 Å². The predicted molar refractivity (Wildman–Crippen MR) is 67.1 cm³/mol. The van der Waals surface area contributed by atoms with Crippen LogP contribution in [0.3, 0.4) is 0 Å². The van der Waals surface area contributed by atoms with Crippen LogP contribution in [0.1, 0.15) is 23.7 Å². The fraction of sp³-hybridized carbons (Fsp3) is 0.462. The summed E-state index contributed by atoms with van der Waals surface area (Å²) in [6, 6.07) is 5.81. The summed E-state index contributed by atoms with van der Waals surface area (Å²) in [5.41, 5.74) is 0.385. The number of carbonyl (C=O) groups excluding carboxylic acids is 1. The minimum absolute atomic E-state index is 0.204. The van der Waals surface area contributed by atoms with Gasteiger partial charge in [0.1, 0.15) is 0 Å². The minimum Gasteiger partial charge on any atom is -0.462 e. The predicted octanol–water partition coefficient (Wildman–Crippen LogP) is 1.90. The summed E-state index contributed by atoms with van der Waals surface area (Å²) in [5, 5.41) is 0. The standard InChI is InChI=1S/C13H16O4S/c1-9-7-11(9)8-17-13(14)10-3-5-12(6-4-10)18(2,15)16/h3-6,9,11H,7-8H2,1-2H3/t9-,11-/m0/s1. The quantitative estimate of drug-likeness (QED) is 0.783. The van der Waals surface area contributed by atoms with Gasteiger partial charge in [0.05, 0.1) is 17.1 Å². The first-order valence-corrected chi connectivity index (χ1v) is 7.74. The molecule has 0 heterocycles. The SMILES string of the molecule is C[C@H]1C[C@H]1COC(=O)c1ccc(S(C)(=O)=O)cc1. The summed E-state index contributed by atoms with van der Waals surface area (Å²) in [7, 11) is -3.22. The van der Waals surface area contributed by atoms with Crippen molar-refractivity contribution in [1.82, 2.24) is 0 Å². The largest absolute Gasteiger partial charge is 0.462 e.